The van der Waals surface area contributed by atoms with E-state index in [1.165, 1.54) is 23.9 Å². The molecule has 0 bridgehead atoms. The fourth-order valence-corrected chi connectivity index (χ4v) is 5.00. The third-order valence-electron chi connectivity index (χ3n) is 5.72. The molecule has 6 nitrogen and oxygen atoms in total. The second-order valence-electron chi connectivity index (χ2n) is 7.93. The lowest BCUT2D eigenvalue weighted by atomic mass is 9.96. The zero-order valence-electron chi connectivity index (χ0n) is 18.2. The number of carbonyl (C=O) groups excluding carboxylic acids is 1. The molecule has 1 amide bonds. The van der Waals surface area contributed by atoms with Crippen LogP contribution in [-0.4, -0.2) is 41.0 Å². The number of methoxy groups -OCH3 is 1. The van der Waals surface area contributed by atoms with Gasteiger partial charge in [-0.25, -0.2) is 9.37 Å². The molecule has 1 atom stereocenters. The molecule has 0 aliphatic carbocycles. The first kappa shape index (κ1) is 22.5. The van der Waals surface area contributed by atoms with Gasteiger partial charge in [-0.15, -0.1) is 0 Å². The number of hydrogen-bond donors (Lipinski definition) is 0. The maximum absolute atomic E-state index is 13.7. The Morgan fingerprint density at radius 2 is 2.09 bits per heavy atom. The Morgan fingerprint density at radius 3 is 2.91 bits per heavy atom. The van der Waals surface area contributed by atoms with Crippen molar-refractivity contribution in [3.8, 4) is 0 Å². The van der Waals surface area contributed by atoms with E-state index < -0.39 is 0 Å². The van der Waals surface area contributed by atoms with Crippen LogP contribution >= 0.6 is 11.8 Å². The number of carbonyl (C=O) groups is 1. The number of nitrogens with zero attached hydrogens (tertiary/aromatic N) is 3. The largest absolute Gasteiger partial charge is 0.385 e. The van der Waals surface area contributed by atoms with Gasteiger partial charge in [0.15, 0.2) is 5.16 Å². The van der Waals surface area contributed by atoms with Crippen LogP contribution in [-0.2, 0) is 22.5 Å². The number of hydrogen-bond acceptors (Lipinski definition) is 5. The number of thioether (sulfide) groups is 1. The molecule has 2 aromatic carbocycles. The Morgan fingerprint density at radius 1 is 1.28 bits per heavy atom. The van der Waals surface area contributed by atoms with Crippen LogP contribution in [0, 0.1) is 5.82 Å². The molecule has 168 valence electrons. The van der Waals surface area contributed by atoms with E-state index >= 15 is 0 Å². The summed E-state index contributed by atoms with van der Waals surface area (Å²) in [5.41, 5.74) is 2.11. The van der Waals surface area contributed by atoms with Crippen molar-refractivity contribution in [2.45, 2.75) is 43.9 Å². The first-order valence-corrected chi connectivity index (χ1v) is 11.7. The summed E-state index contributed by atoms with van der Waals surface area (Å²) in [6.45, 7) is 2.99. The minimum Gasteiger partial charge on any atom is -0.385 e. The van der Waals surface area contributed by atoms with E-state index in [4.69, 9.17) is 4.74 Å². The Balaban J connectivity index is 1.60. The summed E-state index contributed by atoms with van der Waals surface area (Å²) >= 11 is 1.26. The second-order valence-corrected chi connectivity index (χ2v) is 8.87. The van der Waals surface area contributed by atoms with E-state index in [1.54, 1.807) is 34.8 Å². The zero-order valence-corrected chi connectivity index (χ0v) is 19.0. The summed E-state index contributed by atoms with van der Waals surface area (Å²) in [7, 11) is 1.62. The van der Waals surface area contributed by atoms with Crippen molar-refractivity contribution < 1.29 is 13.9 Å². The molecule has 0 spiro atoms. The van der Waals surface area contributed by atoms with Gasteiger partial charge in [-0.3, -0.25) is 14.2 Å². The fraction of sp³-hybridized carbons (Fsp3) is 0.375. The van der Waals surface area contributed by atoms with E-state index in [2.05, 4.69) is 4.98 Å². The van der Waals surface area contributed by atoms with Gasteiger partial charge in [-0.2, -0.15) is 0 Å². The van der Waals surface area contributed by atoms with Crippen LogP contribution in [0.2, 0.25) is 0 Å². The predicted octanol–water partition coefficient (Wildman–Crippen LogP) is 4.03. The Bertz CT molecular complexity index is 1200. The van der Waals surface area contributed by atoms with Gasteiger partial charge in [0, 0.05) is 32.0 Å². The summed E-state index contributed by atoms with van der Waals surface area (Å²) in [6, 6.07) is 11.8. The van der Waals surface area contributed by atoms with E-state index in [-0.39, 0.29) is 29.1 Å². The molecule has 0 N–H and O–H groups in total. The minimum absolute atomic E-state index is 0.0227. The smallest absolute Gasteiger partial charge is 0.262 e. The fourth-order valence-electron chi connectivity index (χ4n) is 4.12. The van der Waals surface area contributed by atoms with Crippen LogP contribution in [0.4, 0.5) is 10.1 Å². The first-order chi connectivity index (χ1) is 15.5. The first-order valence-electron chi connectivity index (χ1n) is 10.7. The lowest BCUT2D eigenvalue weighted by molar-refractivity contribution is -0.116. The number of aryl methyl sites for hydroxylation is 1. The predicted molar refractivity (Wildman–Crippen MR) is 125 cm³/mol. The quantitative estimate of drug-likeness (QED) is 0.306. The molecule has 1 aliphatic rings. The number of aromatic nitrogens is 2. The molecule has 2 heterocycles. The topological polar surface area (TPSA) is 64.4 Å². The van der Waals surface area contributed by atoms with E-state index in [9.17, 15) is 14.0 Å². The molecule has 0 saturated carbocycles. The Kier molecular flexibility index (Phi) is 6.91. The average Bonchev–Trinajstić information content (AvgIpc) is 2.79. The number of para-hydroxylation sites is 1. The third kappa shape index (κ3) is 4.56. The second kappa shape index (κ2) is 9.83. The summed E-state index contributed by atoms with van der Waals surface area (Å²) < 4.78 is 20.4. The maximum atomic E-state index is 13.7. The van der Waals surface area contributed by atoms with Crippen molar-refractivity contribution in [3.05, 3.63) is 64.2 Å². The molecule has 0 fully saturated rings. The molecule has 0 radical (unpaired) electrons. The number of benzene rings is 2. The highest BCUT2D eigenvalue weighted by atomic mass is 32.2. The normalized spacial score (nSPS) is 15.7. The van der Waals surface area contributed by atoms with Crippen LogP contribution in [0.3, 0.4) is 0 Å². The van der Waals surface area contributed by atoms with Gasteiger partial charge in [0.2, 0.25) is 5.91 Å². The highest BCUT2D eigenvalue weighted by Crippen LogP contribution is 2.32. The van der Waals surface area contributed by atoms with Crippen molar-refractivity contribution in [3.63, 3.8) is 0 Å². The van der Waals surface area contributed by atoms with Crippen LogP contribution in [0.5, 0.6) is 0 Å². The van der Waals surface area contributed by atoms with E-state index in [0.717, 1.165) is 24.1 Å². The number of anilines is 1. The third-order valence-corrected chi connectivity index (χ3v) is 6.68. The molecule has 1 aliphatic heterocycles. The number of rotatable bonds is 7. The molecule has 0 unspecified atom stereocenters. The van der Waals surface area contributed by atoms with Gasteiger partial charge in [0.25, 0.3) is 5.56 Å². The summed E-state index contributed by atoms with van der Waals surface area (Å²) in [4.78, 5) is 32.7. The monoisotopic (exact) mass is 455 g/mol. The van der Waals surface area contributed by atoms with Gasteiger partial charge in [0.05, 0.1) is 16.7 Å². The molecular formula is C24H26FN3O3S. The van der Waals surface area contributed by atoms with Crippen LogP contribution in [0.1, 0.15) is 25.3 Å². The molecule has 4 rings (SSSR count). The molecule has 8 heteroatoms. The Hall–Kier alpha value is -2.71. The standard InChI is InChI=1S/C24H26FN3O3S/c1-16-8-9-17-14-18(25)10-11-21(17)28(16)22(29)15-32-24-26-20-7-4-3-6-19(20)23(30)27(24)12-5-13-31-2/h3-4,6-7,10-11,14,16H,5,8-9,12-13,15H2,1-2H3/t16-/m0/s1. The Labute approximate surface area is 190 Å². The van der Waals surface area contributed by atoms with Gasteiger partial charge in [-0.05, 0) is 62.1 Å². The molecular weight excluding hydrogens is 429 g/mol. The van der Waals surface area contributed by atoms with Crippen LogP contribution in [0.15, 0.2) is 52.4 Å². The summed E-state index contributed by atoms with van der Waals surface area (Å²) in [5.74, 6) is -0.239. The number of amides is 1. The molecule has 1 aromatic heterocycles. The number of ether oxygens (including phenoxy) is 1. The zero-order chi connectivity index (χ0) is 22.7. The number of halogens is 1. The van der Waals surface area contributed by atoms with Gasteiger partial charge in [0.1, 0.15) is 5.82 Å². The van der Waals surface area contributed by atoms with Crippen molar-refractivity contribution in [1.29, 1.82) is 0 Å². The van der Waals surface area contributed by atoms with Crippen molar-refractivity contribution in [2.24, 2.45) is 0 Å². The highest BCUT2D eigenvalue weighted by molar-refractivity contribution is 7.99. The average molecular weight is 456 g/mol. The van der Waals surface area contributed by atoms with Gasteiger partial charge in [-0.1, -0.05) is 23.9 Å². The van der Waals surface area contributed by atoms with Crippen LogP contribution in [0.25, 0.3) is 10.9 Å². The van der Waals surface area contributed by atoms with Gasteiger partial charge >= 0.3 is 0 Å². The number of fused-ring (bicyclic) bond motifs is 2. The lowest BCUT2D eigenvalue weighted by Crippen LogP contribution is -2.43. The van der Waals surface area contributed by atoms with Crippen molar-refractivity contribution in [2.75, 3.05) is 24.4 Å². The summed E-state index contributed by atoms with van der Waals surface area (Å²) in [6.07, 6.45) is 2.19. The van der Waals surface area contributed by atoms with E-state index in [0.29, 0.717) is 35.6 Å². The maximum Gasteiger partial charge on any atom is 0.262 e. The van der Waals surface area contributed by atoms with E-state index in [1.807, 2.05) is 19.1 Å². The molecule has 32 heavy (non-hydrogen) atoms. The lowest BCUT2D eigenvalue weighted by Gasteiger charge is -2.35. The SMILES string of the molecule is COCCCn1c(SCC(=O)N2c3ccc(F)cc3CC[C@@H]2C)nc2ccccc2c1=O. The van der Waals surface area contributed by atoms with Crippen LogP contribution < -0.4 is 10.5 Å². The summed E-state index contributed by atoms with van der Waals surface area (Å²) in [5, 5.41) is 1.07. The minimum atomic E-state index is -0.291. The molecule has 3 aromatic rings. The van der Waals surface area contributed by atoms with Gasteiger partial charge < -0.3 is 9.64 Å². The highest BCUT2D eigenvalue weighted by Gasteiger charge is 2.28. The van der Waals surface area contributed by atoms with Crippen molar-refractivity contribution >= 4 is 34.3 Å². The van der Waals surface area contributed by atoms with Crippen molar-refractivity contribution in [1.82, 2.24) is 9.55 Å². The molecule has 0 saturated heterocycles.